The molecule has 0 amide bonds. The van der Waals surface area contributed by atoms with Gasteiger partial charge in [0, 0.05) is 16.8 Å². The number of fused-ring (bicyclic) bond motifs is 3. The van der Waals surface area contributed by atoms with Crippen molar-refractivity contribution < 1.29 is 0 Å². The molecule has 7 rings (SSSR count). The minimum Gasteiger partial charge on any atom is -0.268 e. The standard InChI is InChI=1S/C30H23N5O/c36-29-26-25(20-12-4-1-5-13-20)23-18-10-11-19-24(23)31-27(26)32-30-34(29)28(21-14-6-2-7-15-21)33-35(30)22-16-8-3-9-17-22/h1-9,12-17H,10-11,18-19H2. The molecule has 1 aliphatic rings. The van der Waals surface area contributed by atoms with Crippen LogP contribution >= 0.6 is 0 Å². The van der Waals surface area contributed by atoms with Gasteiger partial charge in [0.15, 0.2) is 11.5 Å². The Kier molecular flexibility index (Phi) is 4.77. The number of benzene rings is 3. The summed E-state index contributed by atoms with van der Waals surface area (Å²) < 4.78 is 3.39. The average molecular weight is 470 g/mol. The molecule has 6 aromatic rings. The minimum absolute atomic E-state index is 0.143. The summed E-state index contributed by atoms with van der Waals surface area (Å²) in [6.07, 6.45) is 4.01. The summed E-state index contributed by atoms with van der Waals surface area (Å²) in [5, 5.41) is 5.46. The first-order chi connectivity index (χ1) is 17.8. The number of hydrogen-bond acceptors (Lipinski definition) is 4. The lowest BCUT2D eigenvalue weighted by Crippen LogP contribution is -2.20. The SMILES string of the molecule is O=c1c2c(-c3ccccc3)c3c(nc2nc2n(-c4ccccc4)nc(-c4ccccc4)n12)CCCC3. The van der Waals surface area contributed by atoms with Gasteiger partial charge in [0.25, 0.3) is 5.56 Å². The summed E-state index contributed by atoms with van der Waals surface area (Å²) in [7, 11) is 0. The fraction of sp³-hybridized carbons (Fsp3) is 0.133. The number of rotatable bonds is 3. The van der Waals surface area contributed by atoms with Crippen molar-refractivity contribution in [1.82, 2.24) is 24.1 Å². The van der Waals surface area contributed by atoms with Gasteiger partial charge in [-0.15, -0.1) is 5.10 Å². The molecule has 0 N–H and O–H groups in total. The molecule has 1 aliphatic carbocycles. The number of nitrogens with zero attached hydrogens (tertiary/aromatic N) is 5. The molecule has 0 fully saturated rings. The molecule has 174 valence electrons. The molecule has 0 saturated carbocycles. The van der Waals surface area contributed by atoms with E-state index in [0.717, 1.165) is 53.8 Å². The Morgan fingerprint density at radius 3 is 2.06 bits per heavy atom. The number of aromatic nitrogens is 5. The van der Waals surface area contributed by atoms with Crippen LogP contribution in [0.2, 0.25) is 0 Å². The van der Waals surface area contributed by atoms with E-state index in [1.807, 2.05) is 78.9 Å². The zero-order valence-electron chi connectivity index (χ0n) is 19.6. The molecule has 0 aliphatic heterocycles. The van der Waals surface area contributed by atoms with Gasteiger partial charge in [-0.2, -0.15) is 9.67 Å². The highest BCUT2D eigenvalue weighted by Crippen LogP contribution is 2.35. The van der Waals surface area contributed by atoms with E-state index in [2.05, 4.69) is 12.1 Å². The Labute approximate surface area is 207 Å². The van der Waals surface area contributed by atoms with Crippen LogP contribution in [-0.4, -0.2) is 24.1 Å². The summed E-state index contributed by atoms with van der Waals surface area (Å²) in [6.45, 7) is 0. The van der Waals surface area contributed by atoms with Crippen LogP contribution in [0.5, 0.6) is 0 Å². The van der Waals surface area contributed by atoms with Crippen molar-refractivity contribution in [2.45, 2.75) is 25.7 Å². The highest BCUT2D eigenvalue weighted by atomic mass is 16.1. The predicted molar refractivity (Wildman–Crippen MR) is 141 cm³/mol. The number of hydrogen-bond donors (Lipinski definition) is 0. The van der Waals surface area contributed by atoms with Gasteiger partial charge in [-0.05, 0) is 48.9 Å². The summed E-state index contributed by atoms with van der Waals surface area (Å²) in [5.74, 6) is 1.02. The molecular formula is C30H23N5O. The Balaban J connectivity index is 1.66. The summed E-state index contributed by atoms with van der Waals surface area (Å²) in [6, 6.07) is 29.8. The maximum atomic E-state index is 14.4. The number of pyridine rings is 1. The van der Waals surface area contributed by atoms with Crippen molar-refractivity contribution >= 4 is 16.8 Å². The second-order valence-electron chi connectivity index (χ2n) is 9.17. The Morgan fingerprint density at radius 1 is 0.694 bits per heavy atom. The molecule has 3 aromatic heterocycles. The zero-order valence-corrected chi connectivity index (χ0v) is 19.6. The summed E-state index contributed by atoms with van der Waals surface area (Å²) in [5.41, 5.74) is 6.25. The van der Waals surface area contributed by atoms with E-state index in [1.165, 1.54) is 5.56 Å². The normalized spacial score (nSPS) is 13.2. The fourth-order valence-corrected chi connectivity index (χ4v) is 5.32. The topological polar surface area (TPSA) is 65.1 Å². The molecule has 0 unspecified atom stereocenters. The summed E-state index contributed by atoms with van der Waals surface area (Å²) in [4.78, 5) is 24.4. The van der Waals surface area contributed by atoms with Gasteiger partial charge >= 0.3 is 0 Å². The first kappa shape index (κ1) is 20.8. The molecule has 36 heavy (non-hydrogen) atoms. The minimum atomic E-state index is -0.143. The molecule has 0 saturated heterocycles. The Hall–Kier alpha value is -4.58. The largest absolute Gasteiger partial charge is 0.271 e. The highest BCUT2D eigenvalue weighted by Gasteiger charge is 2.25. The Bertz CT molecular complexity index is 1790. The van der Waals surface area contributed by atoms with Crippen LogP contribution in [0.1, 0.15) is 24.1 Å². The maximum absolute atomic E-state index is 14.4. The molecule has 3 aromatic carbocycles. The van der Waals surface area contributed by atoms with E-state index in [0.29, 0.717) is 22.6 Å². The third-order valence-corrected chi connectivity index (χ3v) is 6.97. The van der Waals surface area contributed by atoms with E-state index >= 15 is 0 Å². The molecular weight excluding hydrogens is 446 g/mol. The summed E-state index contributed by atoms with van der Waals surface area (Å²) >= 11 is 0. The quantitative estimate of drug-likeness (QED) is 0.336. The van der Waals surface area contributed by atoms with Gasteiger partial charge in [-0.1, -0.05) is 78.9 Å². The lowest BCUT2D eigenvalue weighted by molar-refractivity contribution is 0.671. The second kappa shape index (κ2) is 8.27. The molecule has 6 nitrogen and oxygen atoms in total. The van der Waals surface area contributed by atoms with Gasteiger partial charge < -0.3 is 0 Å². The van der Waals surface area contributed by atoms with Crippen molar-refractivity contribution in [3.8, 4) is 28.2 Å². The van der Waals surface area contributed by atoms with Crippen LogP contribution in [0.25, 0.3) is 45.0 Å². The van der Waals surface area contributed by atoms with Gasteiger partial charge in [0.05, 0.1) is 11.1 Å². The molecule has 0 bridgehead atoms. The zero-order chi connectivity index (χ0) is 24.1. The van der Waals surface area contributed by atoms with Crippen molar-refractivity contribution in [1.29, 1.82) is 0 Å². The van der Waals surface area contributed by atoms with Gasteiger partial charge in [0.1, 0.15) is 0 Å². The molecule has 0 atom stereocenters. The van der Waals surface area contributed by atoms with Crippen LogP contribution in [0.3, 0.4) is 0 Å². The van der Waals surface area contributed by atoms with E-state index < -0.39 is 0 Å². The van der Waals surface area contributed by atoms with Crippen molar-refractivity contribution in [3.63, 3.8) is 0 Å². The van der Waals surface area contributed by atoms with Gasteiger partial charge in [-0.25, -0.2) is 9.38 Å². The number of aryl methyl sites for hydroxylation is 1. The highest BCUT2D eigenvalue weighted by molar-refractivity contribution is 5.95. The smallest absolute Gasteiger partial charge is 0.268 e. The van der Waals surface area contributed by atoms with Crippen LogP contribution in [0.15, 0.2) is 95.8 Å². The molecule has 0 radical (unpaired) electrons. The van der Waals surface area contributed by atoms with E-state index in [4.69, 9.17) is 15.1 Å². The second-order valence-corrected chi connectivity index (χ2v) is 9.17. The lowest BCUT2D eigenvalue weighted by Gasteiger charge is -2.20. The van der Waals surface area contributed by atoms with Gasteiger partial charge in [0.2, 0.25) is 5.78 Å². The van der Waals surface area contributed by atoms with Crippen LogP contribution in [0.4, 0.5) is 0 Å². The molecule has 6 heteroatoms. The van der Waals surface area contributed by atoms with E-state index in [-0.39, 0.29) is 5.56 Å². The predicted octanol–water partition coefficient (Wildman–Crippen LogP) is 5.64. The lowest BCUT2D eigenvalue weighted by atomic mass is 9.87. The average Bonchev–Trinajstić information content (AvgIpc) is 3.33. The van der Waals surface area contributed by atoms with Crippen molar-refractivity contribution in [3.05, 3.63) is 113 Å². The monoisotopic (exact) mass is 469 g/mol. The first-order valence-electron chi connectivity index (χ1n) is 12.3. The van der Waals surface area contributed by atoms with E-state index in [9.17, 15) is 4.79 Å². The fourth-order valence-electron chi connectivity index (χ4n) is 5.32. The van der Waals surface area contributed by atoms with Gasteiger partial charge in [-0.3, -0.25) is 4.79 Å². The van der Waals surface area contributed by atoms with Crippen LogP contribution in [-0.2, 0) is 12.8 Å². The molecule has 3 heterocycles. The number of para-hydroxylation sites is 1. The Morgan fingerprint density at radius 2 is 1.33 bits per heavy atom. The van der Waals surface area contributed by atoms with Crippen molar-refractivity contribution in [2.24, 2.45) is 0 Å². The maximum Gasteiger partial charge on any atom is 0.271 e. The first-order valence-corrected chi connectivity index (χ1v) is 12.3. The van der Waals surface area contributed by atoms with E-state index in [1.54, 1.807) is 9.08 Å². The third-order valence-electron chi connectivity index (χ3n) is 6.97. The third kappa shape index (κ3) is 3.18. The molecule has 0 spiro atoms. The van der Waals surface area contributed by atoms with Crippen LogP contribution < -0.4 is 5.56 Å². The van der Waals surface area contributed by atoms with Crippen molar-refractivity contribution in [2.75, 3.05) is 0 Å². The van der Waals surface area contributed by atoms with Crippen LogP contribution in [0, 0.1) is 0 Å².